The van der Waals surface area contributed by atoms with Crippen LogP contribution in [0, 0.1) is 11.8 Å². The van der Waals surface area contributed by atoms with E-state index >= 15 is 0 Å². The molecule has 7 aromatic rings. The van der Waals surface area contributed by atoms with E-state index in [1.165, 1.54) is 132 Å². The van der Waals surface area contributed by atoms with E-state index in [1.807, 2.05) is 0 Å². The van der Waals surface area contributed by atoms with Crippen LogP contribution in [0.4, 0.5) is 0 Å². The SMILES string of the molecule is CCCCCCC(C)CCc1ccccc1Oc1ccc(-c2c3ccccc3c(-c3ccc(Oc4ccccc4CCC(C)CCCCCC)cc3)c3ccccc23)cc1. The van der Waals surface area contributed by atoms with Gasteiger partial charge in [0.2, 0.25) is 0 Å². The van der Waals surface area contributed by atoms with E-state index < -0.39 is 0 Å². The van der Waals surface area contributed by atoms with E-state index in [0.717, 1.165) is 47.7 Å². The molecule has 0 amide bonds. The standard InChI is InChI=1S/C58H66O2/c1-5-7-9-11-21-43(3)31-33-45-23-13-19-29-55(45)59-49-39-35-47(36-40-49)57-51-25-15-17-27-53(51)58(54-28-18-16-26-52(54)57)48-37-41-50(42-38-48)60-56-30-20-14-24-46(56)34-32-44(4)22-12-10-8-6-2/h13-20,23-30,35-44H,5-12,21-22,31-34H2,1-4H3. The van der Waals surface area contributed by atoms with Crippen LogP contribution >= 0.6 is 0 Å². The summed E-state index contributed by atoms with van der Waals surface area (Å²) in [4.78, 5) is 0. The van der Waals surface area contributed by atoms with Gasteiger partial charge in [0.25, 0.3) is 0 Å². The van der Waals surface area contributed by atoms with Gasteiger partial charge in [0, 0.05) is 0 Å². The summed E-state index contributed by atoms with van der Waals surface area (Å²) in [5, 5.41) is 4.96. The summed E-state index contributed by atoms with van der Waals surface area (Å²) in [5.41, 5.74) is 7.42. The summed E-state index contributed by atoms with van der Waals surface area (Å²) >= 11 is 0. The number of hydrogen-bond acceptors (Lipinski definition) is 2. The van der Waals surface area contributed by atoms with Gasteiger partial charge in [-0.2, -0.15) is 0 Å². The fraction of sp³-hybridized carbons (Fsp3) is 0.345. The molecule has 0 N–H and O–H groups in total. The highest BCUT2D eigenvalue weighted by atomic mass is 16.5. The van der Waals surface area contributed by atoms with E-state index in [-0.39, 0.29) is 0 Å². The van der Waals surface area contributed by atoms with Crippen LogP contribution in [-0.2, 0) is 12.8 Å². The first-order valence-electron chi connectivity index (χ1n) is 23.2. The molecule has 0 heterocycles. The quantitative estimate of drug-likeness (QED) is 0.0503. The maximum atomic E-state index is 6.58. The molecule has 0 fully saturated rings. The van der Waals surface area contributed by atoms with Crippen LogP contribution in [0.25, 0.3) is 43.8 Å². The van der Waals surface area contributed by atoms with Crippen LogP contribution in [-0.4, -0.2) is 0 Å². The minimum absolute atomic E-state index is 0.722. The minimum Gasteiger partial charge on any atom is -0.457 e. The van der Waals surface area contributed by atoms with E-state index in [2.05, 4.69) is 173 Å². The van der Waals surface area contributed by atoms with E-state index in [9.17, 15) is 0 Å². The smallest absolute Gasteiger partial charge is 0.130 e. The summed E-state index contributed by atoms with van der Waals surface area (Å²) in [7, 11) is 0. The fourth-order valence-electron chi connectivity index (χ4n) is 8.94. The van der Waals surface area contributed by atoms with Crippen LogP contribution in [0.2, 0.25) is 0 Å². The first-order chi connectivity index (χ1) is 29.5. The number of rotatable bonds is 22. The lowest BCUT2D eigenvalue weighted by atomic mass is 9.86. The average molecular weight is 795 g/mol. The van der Waals surface area contributed by atoms with Gasteiger partial charge in [-0.15, -0.1) is 0 Å². The van der Waals surface area contributed by atoms with Gasteiger partial charge in [-0.3, -0.25) is 0 Å². The van der Waals surface area contributed by atoms with E-state index in [4.69, 9.17) is 9.47 Å². The average Bonchev–Trinajstić information content (AvgIpc) is 3.28. The second kappa shape index (κ2) is 21.8. The summed E-state index contributed by atoms with van der Waals surface area (Å²) in [5.74, 6) is 5.09. The zero-order chi connectivity index (χ0) is 41.5. The van der Waals surface area contributed by atoms with Crippen LogP contribution in [0.15, 0.2) is 146 Å². The van der Waals surface area contributed by atoms with Gasteiger partial charge < -0.3 is 9.47 Å². The normalized spacial score (nSPS) is 12.5. The number of para-hydroxylation sites is 2. The Morgan fingerprint density at radius 2 is 0.717 bits per heavy atom. The third kappa shape index (κ3) is 11.1. The fourth-order valence-corrected chi connectivity index (χ4v) is 8.94. The van der Waals surface area contributed by atoms with Gasteiger partial charge >= 0.3 is 0 Å². The molecule has 2 atom stereocenters. The van der Waals surface area contributed by atoms with Crippen molar-refractivity contribution in [3.05, 3.63) is 157 Å². The molecule has 7 aromatic carbocycles. The van der Waals surface area contributed by atoms with Crippen LogP contribution in [0.1, 0.15) is 116 Å². The van der Waals surface area contributed by atoms with Crippen molar-refractivity contribution in [1.29, 1.82) is 0 Å². The molecule has 0 aliphatic heterocycles. The number of benzene rings is 7. The Kier molecular flexibility index (Phi) is 15.5. The Morgan fingerprint density at radius 1 is 0.367 bits per heavy atom. The molecule has 0 spiro atoms. The van der Waals surface area contributed by atoms with Crippen LogP contribution in [0.3, 0.4) is 0 Å². The second-order valence-electron chi connectivity index (χ2n) is 17.3. The highest BCUT2D eigenvalue weighted by Gasteiger charge is 2.17. The molecule has 0 aliphatic carbocycles. The second-order valence-corrected chi connectivity index (χ2v) is 17.3. The summed E-state index contributed by atoms with van der Waals surface area (Å²) in [6, 6.07) is 52.3. The van der Waals surface area contributed by atoms with Crippen molar-refractivity contribution in [2.45, 2.75) is 118 Å². The zero-order valence-electron chi connectivity index (χ0n) is 36.7. The molecule has 0 aliphatic rings. The van der Waals surface area contributed by atoms with Gasteiger partial charge in [-0.25, -0.2) is 0 Å². The molecule has 2 heteroatoms. The van der Waals surface area contributed by atoms with Gasteiger partial charge in [0.15, 0.2) is 0 Å². The highest BCUT2D eigenvalue weighted by Crippen LogP contribution is 2.44. The van der Waals surface area contributed by atoms with Crippen molar-refractivity contribution in [3.8, 4) is 45.3 Å². The minimum atomic E-state index is 0.722. The summed E-state index contributed by atoms with van der Waals surface area (Å²) < 4.78 is 13.2. The molecule has 0 aromatic heterocycles. The number of aryl methyl sites for hydroxylation is 2. The number of hydrogen-bond donors (Lipinski definition) is 0. The maximum absolute atomic E-state index is 6.58. The largest absolute Gasteiger partial charge is 0.457 e. The topological polar surface area (TPSA) is 18.5 Å². The van der Waals surface area contributed by atoms with Crippen LogP contribution in [0.5, 0.6) is 23.0 Å². The van der Waals surface area contributed by atoms with Crippen molar-refractivity contribution in [1.82, 2.24) is 0 Å². The molecular weight excluding hydrogens is 729 g/mol. The Labute approximate surface area is 361 Å². The van der Waals surface area contributed by atoms with Gasteiger partial charge in [0.1, 0.15) is 23.0 Å². The molecule has 0 saturated carbocycles. The lowest BCUT2D eigenvalue weighted by Crippen LogP contribution is -1.99. The van der Waals surface area contributed by atoms with Crippen molar-refractivity contribution in [2.24, 2.45) is 11.8 Å². The molecule has 310 valence electrons. The Balaban J connectivity index is 1.10. The van der Waals surface area contributed by atoms with E-state index in [0.29, 0.717) is 0 Å². The molecule has 0 radical (unpaired) electrons. The lowest BCUT2D eigenvalue weighted by Gasteiger charge is -2.18. The first kappa shape index (κ1) is 42.8. The van der Waals surface area contributed by atoms with Gasteiger partial charge in [-0.05, 0) is 129 Å². The predicted molar refractivity (Wildman–Crippen MR) is 258 cm³/mol. The molecular formula is C58H66O2. The first-order valence-corrected chi connectivity index (χ1v) is 23.2. The Morgan fingerprint density at radius 3 is 1.08 bits per heavy atom. The number of ether oxygens (including phenoxy) is 2. The molecule has 2 nitrogen and oxygen atoms in total. The van der Waals surface area contributed by atoms with Crippen molar-refractivity contribution >= 4 is 21.5 Å². The van der Waals surface area contributed by atoms with E-state index in [1.54, 1.807) is 0 Å². The summed E-state index contributed by atoms with van der Waals surface area (Å²) in [6.07, 6.45) is 17.7. The van der Waals surface area contributed by atoms with Crippen molar-refractivity contribution < 1.29 is 9.47 Å². The Hall–Kier alpha value is -5.34. The van der Waals surface area contributed by atoms with Gasteiger partial charge in [-0.1, -0.05) is 201 Å². The molecule has 0 bridgehead atoms. The third-order valence-corrected chi connectivity index (χ3v) is 12.5. The van der Waals surface area contributed by atoms with Crippen LogP contribution < -0.4 is 9.47 Å². The lowest BCUT2D eigenvalue weighted by molar-refractivity contribution is 0.447. The summed E-state index contributed by atoms with van der Waals surface area (Å²) in [6.45, 7) is 9.37. The third-order valence-electron chi connectivity index (χ3n) is 12.5. The Bertz CT molecular complexity index is 2160. The molecule has 0 saturated heterocycles. The monoisotopic (exact) mass is 795 g/mol. The molecule has 7 rings (SSSR count). The van der Waals surface area contributed by atoms with Crippen molar-refractivity contribution in [3.63, 3.8) is 0 Å². The van der Waals surface area contributed by atoms with Gasteiger partial charge in [0.05, 0.1) is 0 Å². The number of unbranched alkanes of at least 4 members (excludes halogenated alkanes) is 6. The number of fused-ring (bicyclic) bond motifs is 2. The molecule has 60 heavy (non-hydrogen) atoms. The zero-order valence-corrected chi connectivity index (χ0v) is 36.7. The van der Waals surface area contributed by atoms with Crippen molar-refractivity contribution in [2.75, 3.05) is 0 Å². The predicted octanol–water partition coefficient (Wildman–Crippen LogP) is 18.0. The molecule has 2 unspecified atom stereocenters. The maximum Gasteiger partial charge on any atom is 0.130 e. The highest BCUT2D eigenvalue weighted by molar-refractivity contribution is 6.21.